The van der Waals surface area contributed by atoms with Gasteiger partial charge in [-0.15, -0.1) is 0 Å². The van der Waals surface area contributed by atoms with Crippen molar-refractivity contribution in [3.8, 4) is 0 Å². The van der Waals surface area contributed by atoms with E-state index in [-0.39, 0.29) is 0 Å². The maximum Gasteiger partial charge on any atom is 0.120 e. The minimum atomic E-state index is 0.548. The monoisotopic (exact) mass is 166 g/mol. The Labute approximate surface area is 74.5 Å². The molecule has 0 heterocycles. The Morgan fingerprint density at radius 1 is 1.42 bits per heavy atom. The number of hydrogen-bond acceptors (Lipinski definition) is 1. The average molecular weight is 166 g/mol. The lowest BCUT2D eigenvalue weighted by atomic mass is 9.45. The zero-order valence-electron chi connectivity index (χ0n) is 8.05. The van der Waals surface area contributed by atoms with Gasteiger partial charge in [0.2, 0.25) is 0 Å². The Kier molecular flexibility index (Phi) is 1.78. The number of carbonyl (C=O) groups is 1. The van der Waals surface area contributed by atoms with E-state index in [9.17, 15) is 4.79 Å². The molecule has 0 aromatic rings. The van der Waals surface area contributed by atoms with E-state index in [1.54, 1.807) is 0 Å². The highest BCUT2D eigenvalue weighted by atomic mass is 16.1. The molecule has 3 atom stereocenters. The fourth-order valence-electron chi connectivity index (χ4n) is 3.37. The first-order valence-corrected chi connectivity index (χ1v) is 5.10. The molecule has 0 radical (unpaired) electrons. The molecule has 3 aliphatic carbocycles. The van der Waals surface area contributed by atoms with Crippen LogP contribution >= 0.6 is 0 Å². The van der Waals surface area contributed by atoms with Crippen molar-refractivity contribution in [2.45, 2.75) is 39.5 Å². The third-order valence-corrected chi connectivity index (χ3v) is 4.40. The number of fused-ring (bicyclic) bond motifs is 2. The lowest BCUT2D eigenvalue weighted by Gasteiger charge is -2.60. The number of aldehydes is 1. The SMILES string of the molecule is CC1(C)C2CC[C@@H](CC=O)C1C2. The largest absolute Gasteiger partial charge is 0.303 e. The minimum absolute atomic E-state index is 0.548. The van der Waals surface area contributed by atoms with E-state index in [2.05, 4.69) is 13.8 Å². The number of rotatable bonds is 2. The highest BCUT2D eigenvalue weighted by molar-refractivity contribution is 5.50. The van der Waals surface area contributed by atoms with Crippen LogP contribution in [0, 0.1) is 23.2 Å². The lowest BCUT2D eigenvalue weighted by Crippen LogP contribution is -2.52. The molecule has 0 spiro atoms. The maximum atomic E-state index is 10.4. The molecule has 0 saturated heterocycles. The van der Waals surface area contributed by atoms with E-state index in [0.717, 1.165) is 24.5 Å². The summed E-state index contributed by atoms with van der Waals surface area (Å²) in [7, 11) is 0. The predicted molar refractivity (Wildman–Crippen MR) is 48.8 cm³/mol. The zero-order valence-corrected chi connectivity index (χ0v) is 8.05. The summed E-state index contributed by atoms with van der Waals surface area (Å²) in [6.07, 6.45) is 5.98. The van der Waals surface area contributed by atoms with Crippen LogP contribution in [0.1, 0.15) is 39.5 Å². The maximum absolute atomic E-state index is 10.4. The minimum Gasteiger partial charge on any atom is -0.303 e. The first-order chi connectivity index (χ1) is 5.66. The van der Waals surface area contributed by atoms with Crippen molar-refractivity contribution in [2.24, 2.45) is 23.2 Å². The third kappa shape index (κ3) is 0.949. The quantitative estimate of drug-likeness (QED) is 0.576. The van der Waals surface area contributed by atoms with Crippen LogP contribution in [-0.2, 0) is 4.79 Å². The molecule has 68 valence electrons. The van der Waals surface area contributed by atoms with Gasteiger partial charge in [-0.05, 0) is 42.4 Å². The number of hydrogen-bond donors (Lipinski definition) is 0. The van der Waals surface area contributed by atoms with E-state index in [0.29, 0.717) is 11.3 Å². The van der Waals surface area contributed by atoms with Crippen molar-refractivity contribution in [1.29, 1.82) is 0 Å². The molecule has 1 heteroatoms. The molecule has 0 aromatic carbocycles. The summed E-state index contributed by atoms with van der Waals surface area (Å²) in [6, 6.07) is 0. The molecule has 12 heavy (non-hydrogen) atoms. The first kappa shape index (κ1) is 8.28. The van der Waals surface area contributed by atoms with Crippen LogP contribution in [0.2, 0.25) is 0 Å². The van der Waals surface area contributed by atoms with E-state index >= 15 is 0 Å². The molecular formula is C11H18O. The van der Waals surface area contributed by atoms with Gasteiger partial charge in [0, 0.05) is 6.42 Å². The highest BCUT2D eigenvalue weighted by Crippen LogP contribution is 2.61. The Morgan fingerprint density at radius 3 is 2.67 bits per heavy atom. The van der Waals surface area contributed by atoms with Gasteiger partial charge in [0.1, 0.15) is 6.29 Å². The third-order valence-electron chi connectivity index (χ3n) is 4.40. The molecule has 1 nitrogen and oxygen atoms in total. The standard InChI is InChI=1S/C11H18O/c1-11(2)9-4-3-8(5-6-12)10(11)7-9/h6,8-10H,3-5,7H2,1-2H3/t8-,9?,10?/m0/s1. The van der Waals surface area contributed by atoms with Crippen molar-refractivity contribution < 1.29 is 4.79 Å². The molecule has 2 unspecified atom stereocenters. The second-order valence-corrected chi connectivity index (χ2v) is 5.10. The molecule has 0 aliphatic heterocycles. The van der Waals surface area contributed by atoms with Crippen LogP contribution in [0.5, 0.6) is 0 Å². The summed E-state index contributed by atoms with van der Waals surface area (Å²) in [4.78, 5) is 10.4. The molecule has 3 saturated carbocycles. The highest BCUT2D eigenvalue weighted by Gasteiger charge is 2.53. The van der Waals surface area contributed by atoms with Crippen LogP contribution in [0.25, 0.3) is 0 Å². The molecule has 3 fully saturated rings. The summed E-state index contributed by atoms with van der Waals surface area (Å²) in [5.41, 5.74) is 0.548. The van der Waals surface area contributed by atoms with Gasteiger partial charge < -0.3 is 4.79 Å². The Hall–Kier alpha value is -0.330. The van der Waals surface area contributed by atoms with Gasteiger partial charge in [0.25, 0.3) is 0 Å². The summed E-state index contributed by atoms with van der Waals surface area (Å²) >= 11 is 0. The summed E-state index contributed by atoms with van der Waals surface area (Å²) in [5.74, 6) is 2.52. The molecular weight excluding hydrogens is 148 g/mol. The summed E-state index contributed by atoms with van der Waals surface area (Å²) < 4.78 is 0. The molecule has 2 bridgehead atoms. The first-order valence-electron chi connectivity index (χ1n) is 5.10. The fourth-order valence-corrected chi connectivity index (χ4v) is 3.37. The van der Waals surface area contributed by atoms with Crippen molar-refractivity contribution in [3.63, 3.8) is 0 Å². The molecule has 3 aliphatic rings. The van der Waals surface area contributed by atoms with Crippen LogP contribution in [0.4, 0.5) is 0 Å². The summed E-state index contributed by atoms with van der Waals surface area (Å²) in [5, 5.41) is 0. The zero-order chi connectivity index (χ0) is 8.77. The fraction of sp³-hybridized carbons (Fsp3) is 0.909. The van der Waals surface area contributed by atoms with Crippen molar-refractivity contribution in [2.75, 3.05) is 0 Å². The lowest BCUT2D eigenvalue weighted by molar-refractivity contribution is -0.122. The summed E-state index contributed by atoms with van der Waals surface area (Å²) in [6.45, 7) is 4.76. The molecule has 3 rings (SSSR count). The average Bonchev–Trinajstić information content (AvgIpc) is 2.05. The van der Waals surface area contributed by atoms with Gasteiger partial charge in [-0.2, -0.15) is 0 Å². The Morgan fingerprint density at radius 2 is 2.17 bits per heavy atom. The smallest absolute Gasteiger partial charge is 0.120 e. The predicted octanol–water partition coefficient (Wildman–Crippen LogP) is 2.65. The Bertz CT molecular complexity index is 193. The number of carbonyl (C=O) groups excluding carboxylic acids is 1. The topological polar surface area (TPSA) is 17.1 Å². The molecule has 0 amide bonds. The van der Waals surface area contributed by atoms with E-state index in [1.807, 2.05) is 0 Å². The molecule has 0 aromatic heterocycles. The van der Waals surface area contributed by atoms with Gasteiger partial charge in [-0.3, -0.25) is 0 Å². The van der Waals surface area contributed by atoms with Crippen molar-refractivity contribution in [3.05, 3.63) is 0 Å². The van der Waals surface area contributed by atoms with Crippen LogP contribution < -0.4 is 0 Å². The Balaban J connectivity index is 2.05. The van der Waals surface area contributed by atoms with Crippen LogP contribution in [0.3, 0.4) is 0 Å². The normalized spacial score (nSPS) is 43.3. The second-order valence-electron chi connectivity index (χ2n) is 5.10. The van der Waals surface area contributed by atoms with Crippen LogP contribution in [-0.4, -0.2) is 6.29 Å². The van der Waals surface area contributed by atoms with Gasteiger partial charge in [-0.1, -0.05) is 13.8 Å². The van der Waals surface area contributed by atoms with Gasteiger partial charge in [0.05, 0.1) is 0 Å². The second kappa shape index (κ2) is 2.58. The van der Waals surface area contributed by atoms with E-state index in [4.69, 9.17) is 0 Å². The van der Waals surface area contributed by atoms with Gasteiger partial charge in [0.15, 0.2) is 0 Å². The van der Waals surface area contributed by atoms with Gasteiger partial charge in [-0.25, -0.2) is 0 Å². The van der Waals surface area contributed by atoms with Crippen molar-refractivity contribution >= 4 is 6.29 Å². The van der Waals surface area contributed by atoms with Gasteiger partial charge >= 0.3 is 0 Å². The van der Waals surface area contributed by atoms with E-state index in [1.165, 1.54) is 19.3 Å². The molecule has 0 N–H and O–H groups in total. The van der Waals surface area contributed by atoms with Crippen molar-refractivity contribution in [1.82, 2.24) is 0 Å². The van der Waals surface area contributed by atoms with Crippen LogP contribution in [0.15, 0.2) is 0 Å². The van der Waals surface area contributed by atoms with E-state index < -0.39 is 0 Å².